The van der Waals surface area contributed by atoms with E-state index in [9.17, 15) is 13.2 Å². The molecule has 0 aliphatic rings. The molecule has 0 aliphatic carbocycles. The van der Waals surface area contributed by atoms with Crippen LogP contribution in [-0.2, 0) is 14.8 Å². The third kappa shape index (κ3) is 3.78. The summed E-state index contributed by atoms with van der Waals surface area (Å²) >= 11 is 1.25. The number of thiazole rings is 1. The van der Waals surface area contributed by atoms with Gasteiger partial charge in [0.15, 0.2) is 5.13 Å². The fraction of sp³-hybridized carbons (Fsp3) is 0.176. The Morgan fingerprint density at radius 3 is 2.65 bits per heavy atom. The van der Waals surface area contributed by atoms with Gasteiger partial charge in [0.2, 0.25) is 5.91 Å². The highest BCUT2D eigenvalue weighted by molar-refractivity contribution is 7.93. The standard InChI is InChI=1S/C17H17N3O4S2/c1-10-4-6-13-15(8-10)25-17(19-13)20-26(22,23)16-9-12(18-11(2)21)5-7-14(16)24-3/h4-9H,1-3H3,(H,18,21)(H,19,20). The molecular weight excluding hydrogens is 374 g/mol. The first-order valence-electron chi connectivity index (χ1n) is 7.64. The van der Waals surface area contributed by atoms with Crippen LogP contribution in [0.4, 0.5) is 10.8 Å². The molecule has 1 heterocycles. The van der Waals surface area contributed by atoms with Crippen LogP contribution in [0.15, 0.2) is 41.3 Å². The summed E-state index contributed by atoms with van der Waals surface area (Å²) in [7, 11) is -2.57. The van der Waals surface area contributed by atoms with Crippen LogP contribution in [0.1, 0.15) is 12.5 Å². The second kappa shape index (κ2) is 6.93. The Labute approximate surface area is 155 Å². The number of fused-ring (bicyclic) bond motifs is 1. The maximum Gasteiger partial charge on any atom is 0.267 e. The van der Waals surface area contributed by atoms with E-state index in [0.29, 0.717) is 5.69 Å². The quantitative estimate of drug-likeness (QED) is 0.695. The van der Waals surface area contributed by atoms with Crippen LogP contribution in [0, 0.1) is 6.92 Å². The van der Waals surface area contributed by atoms with Crippen LogP contribution in [0.3, 0.4) is 0 Å². The molecule has 0 saturated heterocycles. The van der Waals surface area contributed by atoms with E-state index in [-0.39, 0.29) is 21.7 Å². The minimum Gasteiger partial charge on any atom is -0.495 e. The van der Waals surface area contributed by atoms with Crippen molar-refractivity contribution in [3.05, 3.63) is 42.0 Å². The van der Waals surface area contributed by atoms with Gasteiger partial charge in [-0.1, -0.05) is 17.4 Å². The second-order valence-electron chi connectivity index (χ2n) is 5.64. The predicted molar refractivity (Wildman–Crippen MR) is 102 cm³/mol. The normalized spacial score (nSPS) is 11.3. The summed E-state index contributed by atoms with van der Waals surface area (Å²) in [6.07, 6.45) is 0. The van der Waals surface area contributed by atoms with E-state index in [2.05, 4.69) is 15.0 Å². The predicted octanol–water partition coefficient (Wildman–Crippen LogP) is 3.37. The van der Waals surface area contributed by atoms with Gasteiger partial charge in [-0.2, -0.15) is 0 Å². The van der Waals surface area contributed by atoms with Gasteiger partial charge in [0.1, 0.15) is 10.6 Å². The molecule has 136 valence electrons. The van der Waals surface area contributed by atoms with Gasteiger partial charge in [0, 0.05) is 12.6 Å². The lowest BCUT2D eigenvalue weighted by Crippen LogP contribution is -2.15. The van der Waals surface area contributed by atoms with E-state index in [0.717, 1.165) is 15.8 Å². The van der Waals surface area contributed by atoms with E-state index in [1.165, 1.54) is 37.5 Å². The van der Waals surface area contributed by atoms with Gasteiger partial charge < -0.3 is 10.1 Å². The Bertz CT molecular complexity index is 1090. The van der Waals surface area contributed by atoms with Crippen molar-refractivity contribution in [2.24, 2.45) is 0 Å². The first-order chi connectivity index (χ1) is 12.3. The molecule has 9 heteroatoms. The number of amides is 1. The number of anilines is 2. The Hall–Kier alpha value is -2.65. The van der Waals surface area contributed by atoms with Crippen molar-refractivity contribution >= 4 is 48.3 Å². The molecule has 3 rings (SSSR count). The summed E-state index contributed by atoms with van der Waals surface area (Å²) in [6, 6.07) is 10.1. The van der Waals surface area contributed by atoms with E-state index in [4.69, 9.17) is 4.74 Å². The molecule has 3 aromatic rings. The molecule has 1 amide bonds. The number of methoxy groups -OCH3 is 1. The van der Waals surface area contributed by atoms with E-state index >= 15 is 0 Å². The van der Waals surface area contributed by atoms with Gasteiger partial charge in [-0.05, 0) is 42.8 Å². The number of ether oxygens (including phenoxy) is 1. The Morgan fingerprint density at radius 1 is 1.19 bits per heavy atom. The number of sulfonamides is 1. The fourth-order valence-electron chi connectivity index (χ4n) is 2.41. The molecule has 2 N–H and O–H groups in total. The van der Waals surface area contributed by atoms with Crippen molar-refractivity contribution in [1.82, 2.24) is 4.98 Å². The average molecular weight is 391 g/mol. The second-order valence-corrected chi connectivity index (χ2v) is 8.32. The largest absolute Gasteiger partial charge is 0.495 e. The van der Waals surface area contributed by atoms with Gasteiger partial charge in [-0.15, -0.1) is 0 Å². The molecule has 1 aromatic heterocycles. The van der Waals surface area contributed by atoms with Crippen LogP contribution < -0.4 is 14.8 Å². The van der Waals surface area contributed by atoms with Crippen molar-refractivity contribution in [3.8, 4) is 5.75 Å². The lowest BCUT2D eigenvalue weighted by atomic mass is 10.2. The zero-order chi connectivity index (χ0) is 18.9. The molecule has 2 aromatic carbocycles. The number of aryl methyl sites for hydroxylation is 1. The first-order valence-corrected chi connectivity index (χ1v) is 9.94. The summed E-state index contributed by atoms with van der Waals surface area (Å²) in [6.45, 7) is 3.31. The Morgan fingerprint density at radius 2 is 1.96 bits per heavy atom. The van der Waals surface area contributed by atoms with Crippen molar-refractivity contribution in [3.63, 3.8) is 0 Å². The third-order valence-electron chi connectivity index (χ3n) is 3.54. The molecule has 0 atom stereocenters. The van der Waals surface area contributed by atoms with Crippen LogP contribution >= 0.6 is 11.3 Å². The van der Waals surface area contributed by atoms with Crippen molar-refractivity contribution in [2.75, 3.05) is 17.1 Å². The van der Waals surface area contributed by atoms with Crippen molar-refractivity contribution in [1.29, 1.82) is 0 Å². The molecule has 0 spiro atoms. The first kappa shape index (κ1) is 18.2. The molecule has 7 nitrogen and oxygen atoms in total. The number of hydrogen-bond acceptors (Lipinski definition) is 6. The topological polar surface area (TPSA) is 97.4 Å². The molecule has 0 saturated carbocycles. The maximum atomic E-state index is 12.8. The van der Waals surface area contributed by atoms with Crippen LogP contribution in [-0.4, -0.2) is 26.4 Å². The molecule has 0 unspecified atom stereocenters. The summed E-state index contributed by atoms with van der Waals surface area (Å²) in [4.78, 5) is 15.5. The van der Waals surface area contributed by atoms with Gasteiger partial charge in [0.25, 0.3) is 10.0 Å². The zero-order valence-corrected chi connectivity index (χ0v) is 16.0. The molecule has 26 heavy (non-hydrogen) atoms. The van der Waals surface area contributed by atoms with Crippen molar-refractivity contribution in [2.45, 2.75) is 18.7 Å². The van der Waals surface area contributed by atoms with Crippen LogP contribution in [0.5, 0.6) is 5.75 Å². The number of nitrogens with one attached hydrogen (secondary N) is 2. The zero-order valence-electron chi connectivity index (χ0n) is 14.4. The van der Waals surface area contributed by atoms with Crippen LogP contribution in [0.2, 0.25) is 0 Å². The lowest BCUT2D eigenvalue weighted by Gasteiger charge is -2.12. The summed E-state index contributed by atoms with van der Waals surface area (Å²) in [5.41, 5.74) is 2.15. The minimum atomic E-state index is -3.95. The maximum absolute atomic E-state index is 12.8. The molecule has 0 bridgehead atoms. The Balaban J connectivity index is 1.99. The van der Waals surface area contributed by atoms with Gasteiger partial charge in [-0.3, -0.25) is 9.52 Å². The monoisotopic (exact) mass is 391 g/mol. The summed E-state index contributed by atoms with van der Waals surface area (Å²) < 4.78 is 34.2. The number of carbonyl (C=O) groups is 1. The molecule has 0 aliphatic heterocycles. The SMILES string of the molecule is COc1ccc(NC(C)=O)cc1S(=O)(=O)Nc1nc2ccc(C)cc2s1. The number of aromatic nitrogens is 1. The fourth-order valence-corrected chi connectivity index (χ4v) is 4.81. The number of nitrogens with zero attached hydrogens (tertiary/aromatic N) is 1. The minimum absolute atomic E-state index is 0.0818. The van der Waals surface area contributed by atoms with Gasteiger partial charge in [0.05, 0.1) is 17.3 Å². The smallest absolute Gasteiger partial charge is 0.267 e. The van der Waals surface area contributed by atoms with Crippen LogP contribution in [0.25, 0.3) is 10.2 Å². The van der Waals surface area contributed by atoms with Gasteiger partial charge in [-0.25, -0.2) is 13.4 Å². The highest BCUT2D eigenvalue weighted by Crippen LogP contribution is 2.32. The average Bonchev–Trinajstić information content (AvgIpc) is 2.94. The number of carbonyl (C=O) groups excluding carboxylic acids is 1. The van der Waals surface area contributed by atoms with E-state index < -0.39 is 10.0 Å². The number of benzene rings is 2. The molecular formula is C17H17N3O4S2. The Kier molecular flexibility index (Phi) is 4.84. The molecule has 0 radical (unpaired) electrons. The van der Waals surface area contributed by atoms with E-state index in [1.54, 1.807) is 6.07 Å². The highest BCUT2D eigenvalue weighted by atomic mass is 32.2. The van der Waals surface area contributed by atoms with E-state index in [1.807, 2.05) is 25.1 Å². The van der Waals surface area contributed by atoms with Gasteiger partial charge >= 0.3 is 0 Å². The summed E-state index contributed by atoms with van der Waals surface area (Å²) in [5, 5.41) is 2.82. The van der Waals surface area contributed by atoms with Crippen molar-refractivity contribution < 1.29 is 17.9 Å². The third-order valence-corrected chi connectivity index (χ3v) is 5.96. The highest BCUT2D eigenvalue weighted by Gasteiger charge is 2.22. The summed E-state index contributed by atoms with van der Waals surface area (Å²) in [5.74, 6) is -0.128. The lowest BCUT2D eigenvalue weighted by molar-refractivity contribution is -0.114. The molecule has 0 fully saturated rings. The number of hydrogen-bond donors (Lipinski definition) is 2. The number of rotatable bonds is 5.